The van der Waals surface area contributed by atoms with E-state index >= 15 is 4.39 Å². The molecule has 2 aliphatic rings. The van der Waals surface area contributed by atoms with Gasteiger partial charge in [0.15, 0.2) is 0 Å². The van der Waals surface area contributed by atoms with Gasteiger partial charge in [0.2, 0.25) is 0 Å². The summed E-state index contributed by atoms with van der Waals surface area (Å²) in [6.07, 6.45) is 1.78. The maximum Gasteiger partial charge on any atom is 0.338 e. The van der Waals surface area contributed by atoms with Crippen molar-refractivity contribution in [1.29, 1.82) is 0 Å². The topological polar surface area (TPSA) is 110 Å². The van der Waals surface area contributed by atoms with E-state index in [9.17, 15) is 18.8 Å². The zero-order chi connectivity index (χ0) is 31.1. The predicted molar refractivity (Wildman–Crippen MR) is 154 cm³/mol. The van der Waals surface area contributed by atoms with Gasteiger partial charge in [0.25, 0.3) is 0 Å². The first kappa shape index (κ1) is 31.6. The van der Waals surface area contributed by atoms with Crippen LogP contribution in [-0.4, -0.2) is 81.3 Å². The summed E-state index contributed by atoms with van der Waals surface area (Å²) in [5, 5.41) is 2.80. The number of esters is 2. The highest BCUT2D eigenvalue weighted by molar-refractivity contribution is 6.00. The van der Waals surface area contributed by atoms with Crippen LogP contribution in [0.2, 0.25) is 0 Å². The second kappa shape index (κ2) is 13.8. The molecular weight excluding hydrogens is 562 g/mol. The Hall–Kier alpha value is -4.32. The van der Waals surface area contributed by atoms with E-state index in [1.165, 1.54) is 27.2 Å². The van der Waals surface area contributed by atoms with Gasteiger partial charge in [-0.25, -0.2) is 28.3 Å². The average molecular weight is 599 g/mol. The van der Waals surface area contributed by atoms with Crippen molar-refractivity contribution in [2.75, 3.05) is 47.5 Å². The molecule has 10 nitrogen and oxygen atoms in total. The number of piperidine rings is 1. The molecule has 2 heterocycles. The fourth-order valence-electron chi connectivity index (χ4n) is 5.73. The molecule has 0 aliphatic carbocycles. The van der Waals surface area contributed by atoms with Crippen LogP contribution in [0.5, 0.6) is 0 Å². The van der Waals surface area contributed by atoms with Gasteiger partial charge < -0.3 is 24.4 Å². The second-order valence-corrected chi connectivity index (χ2v) is 10.4. The van der Waals surface area contributed by atoms with E-state index in [0.29, 0.717) is 45.0 Å². The minimum absolute atomic E-state index is 0.0789. The fourth-order valence-corrected chi connectivity index (χ4v) is 5.73. The zero-order valence-electron chi connectivity index (χ0n) is 24.7. The number of nitrogens with zero attached hydrogens (tertiary/aromatic N) is 3. The maximum atomic E-state index is 15.0. The minimum atomic E-state index is -1.31. The van der Waals surface area contributed by atoms with E-state index < -0.39 is 35.1 Å². The number of nitrogens with one attached hydrogen (secondary N) is 1. The number of amidine groups is 1. The largest absolute Gasteiger partial charge is 0.468 e. The minimum Gasteiger partial charge on any atom is -0.468 e. The van der Waals surface area contributed by atoms with E-state index in [4.69, 9.17) is 14.2 Å². The first-order chi connectivity index (χ1) is 20.7. The van der Waals surface area contributed by atoms with E-state index in [0.717, 1.165) is 23.6 Å². The van der Waals surface area contributed by atoms with Crippen molar-refractivity contribution in [1.82, 2.24) is 15.1 Å². The summed E-state index contributed by atoms with van der Waals surface area (Å²) in [7, 11) is 3.87. The normalized spacial score (nSPS) is 18.5. The lowest BCUT2D eigenvalue weighted by atomic mass is 9.72. The Morgan fingerprint density at radius 3 is 2.33 bits per heavy atom. The molecule has 2 aromatic carbocycles. The monoisotopic (exact) mass is 598 g/mol. The van der Waals surface area contributed by atoms with Gasteiger partial charge in [-0.2, -0.15) is 0 Å². The standard InChI is InChI=1S/C31H36F2N4O6/c1-20-25(27(38)41-2)26(23-12-11-22(32)19-24(23)33)37(30(35-20)43-4)29(40)34-15-8-16-36-17-13-31(14-18-36,28(39)42-3)21-9-6-5-7-10-21/h5-7,9-12,19,26H,8,13-18H2,1-4H3,(H,34,40). The van der Waals surface area contributed by atoms with Crippen molar-refractivity contribution in [3.63, 3.8) is 0 Å². The van der Waals surface area contributed by atoms with Crippen molar-refractivity contribution >= 4 is 24.0 Å². The molecule has 1 fully saturated rings. The number of hydrogen-bond acceptors (Lipinski definition) is 8. The molecule has 1 N–H and O–H groups in total. The maximum absolute atomic E-state index is 15.0. The van der Waals surface area contributed by atoms with Crippen LogP contribution in [0.1, 0.15) is 43.4 Å². The van der Waals surface area contributed by atoms with Gasteiger partial charge in [-0.15, -0.1) is 0 Å². The predicted octanol–water partition coefficient (Wildman–Crippen LogP) is 4.08. The van der Waals surface area contributed by atoms with Gasteiger partial charge in [0.05, 0.1) is 38.0 Å². The van der Waals surface area contributed by atoms with Crippen LogP contribution >= 0.6 is 0 Å². The molecule has 0 saturated carbocycles. The number of ether oxygens (including phenoxy) is 3. The number of halogens is 2. The second-order valence-electron chi connectivity index (χ2n) is 10.4. The Kier molecular flexibility index (Phi) is 10.1. The van der Waals surface area contributed by atoms with Gasteiger partial charge in [-0.3, -0.25) is 4.79 Å². The van der Waals surface area contributed by atoms with Crippen LogP contribution in [-0.2, 0) is 29.2 Å². The summed E-state index contributed by atoms with van der Waals surface area (Å²) < 4.78 is 44.2. The fraction of sp³-hybridized carbons (Fsp3) is 0.419. The highest BCUT2D eigenvalue weighted by atomic mass is 19.1. The number of carbonyl (C=O) groups is 3. The van der Waals surface area contributed by atoms with Crippen LogP contribution in [0, 0.1) is 11.6 Å². The zero-order valence-corrected chi connectivity index (χ0v) is 24.7. The summed E-state index contributed by atoms with van der Waals surface area (Å²) in [4.78, 5) is 46.6. The number of aliphatic imine (C=N–C) groups is 1. The number of urea groups is 1. The molecule has 1 saturated heterocycles. The van der Waals surface area contributed by atoms with Gasteiger partial charge in [-0.05, 0) is 57.5 Å². The van der Waals surface area contributed by atoms with E-state index in [1.54, 1.807) is 0 Å². The summed E-state index contributed by atoms with van der Waals surface area (Å²) in [6.45, 7) is 3.75. The Labute approximate surface area is 249 Å². The third-order valence-electron chi connectivity index (χ3n) is 7.99. The molecule has 4 rings (SSSR count). The van der Waals surface area contributed by atoms with Crippen LogP contribution in [0.3, 0.4) is 0 Å². The van der Waals surface area contributed by atoms with Crippen LogP contribution in [0.25, 0.3) is 0 Å². The molecule has 2 amide bonds. The number of rotatable bonds is 8. The summed E-state index contributed by atoms with van der Waals surface area (Å²) >= 11 is 0. The number of likely N-dealkylation sites (tertiary alicyclic amines) is 1. The number of methoxy groups -OCH3 is 3. The van der Waals surface area contributed by atoms with Crippen LogP contribution < -0.4 is 5.32 Å². The molecule has 12 heteroatoms. The van der Waals surface area contributed by atoms with Crippen LogP contribution in [0.4, 0.5) is 13.6 Å². The van der Waals surface area contributed by atoms with Crippen molar-refractivity contribution in [2.24, 2.45) is 4.99 Å². The quantitative estimate of drug-likeness (QED) is 0.360. The summed E-state index contributed by atoms with van der Waals surface area (Å²) in [5.74, 6) is -2.81. The van der Waals surface area contributed by atoms with E-state index in [1.807, 2.05) is 30.3 Å². The molecule has 1 unspecified atom stereocenters. The molecule has 0 radical (unpaired) electrons. The van der Waals surface area contributed by atoms with Gasteiger partial charge in [0, 0.05) is 18.2 Å². The first-order valence-electron chi connectivity index (χ1n) is 14.0. The smallest absolute Gasteiger partial charge is 0.338 e. The lowest BCUT2D eigenvalue weighted by molar-refractivity contribution is -0.149. The molecule has 2 aliphatic heterocycles. The van der Waals surface area contributed by atoms with Crippen molar-refractivity contribution in [3.05, 3.63) is 82.6 Å². The molecule has 0 aromatic heterocycles. The average Bonchev–Trinajstić information content (AvgIpc) is 3.02. The van der Waals surface area contributed by atoms with E-state index in [2.05, 4.69) is 15.2 Å². The number of carbonyl (C=O) groups excluding carboxylic acids is 3. The van der Waals surface area contributed by atoms with E-state index in [-0.39, 0.29) is 35.4 Å². The molecule has 230 valence electrons. The van der Waals surface area contributed by atoms with Crippen molar-refractivity contribution < 1.29 is 37.4 Å². The highest BCUT2D eigenvalue weighted by Gasteiger charge is 2.44. The number of allylic oxidation sites excluding steroid dienone is 1. The Balaban J connectivity index is 1.44. The summed E-state index contributed by atoms with van der Waals surface area (Å²) in [5.41, 5.74) is 0.212. The Morgan fingerprint density at radius 1 is 1.02 bits per heavy atom. The molecule has 0 bridgehead atoms. The number of benzene rings is 2. The molecular formula is C31H36F2N4O6. The third kappa shape index (κ3) is 6.53. The Morgan fingerprint density at radius 2 is 1.72 bits per heavy atom. The highest BCUT2D eigenvalue weighted by Crippen LogP contribution is 2.38. The molecule has 2 aromatic rings. The third-order valence-corrected chi connectivity index (χ3v) is 7.99. The lowest BCUT2D eigenvalue weighted by Crippen LogP contribution is -2.50. The van der Waals surface area contributed by atoms with Gasteiger partial charge >= 0.3 is 24.0 Å². The summed E-state index contributed by atoms with van der Waals surface area (Å²) in [6, 6.07) is 10.4. The molecule has 43 heavy (non-hydrogen) atoms. The van der Waals surface area contributed by atoms with Gasteiger partial charge in [0.1, 0.15) is 17.7 Å². The van der Waals surface area contributed by atoms with Crippen molar-refractivity contribution in [3.8, 4) is 0 Å². The lowest BCUT2D eigenvalue weighted by Gasteiger charge is -2.40. The van der Waals surface area contributed by atoms with Crippen LogP contribution in [0.15, 0.2) is 64.8 Å². The SMILES string of the molecule is COC(=O)C1=C(C)N=C(OC)N(C(=O)NCCCN2CCC(C(=O)OC)(c3ccccc3)CC2)C1c1ccc(F)cc1F. The van der Waals surface area contributed by atoms with Gasteiger partial charge in [-0.1, -0.05) is 36.4 Å². The number of amides is 2. The number of hydrogen-bond donors (Lipinski definition) is 1. The molecule has 0 spiro atoms. The van der Waals surface area contributed by atoms with Crippen molar-refractivity contribution in [2.45, 2.75) is 37.6 Å². The first-order valence-corrected chi connectivity index (χ1v) is 14.0. The Bertz CT molecular complexity index is 1410. The molecule has 1 atom stereocenters.